The SMILES string of the molecule is CCC(N)Cc1cccnc1SC1CCCC1. The number of nitrogens with zero attached hydrogens (tertiary/aromatic N) is 1. The van der Waals surface area contributed by atoms with E-state index in [9.17, 15) is 0 Å². The van der Waals surface area contributed by atoms with Crippen molar-refractivity contribution in [2.24, 2.45) is 5.73 Å². The topological polar surface area (TPSA) is 38.9 Å². The first kappa shape index (κ1) is 12.9. The van der Waals surface area contributed by atoms with Crippen LogP contribution in [0.3, 0.4) is 0 Å². The molecule has 1 unspecified atom stereocenters. The van der Waals surface area contributed by atoms with E-state index in [1.165, 1.54) is 36.3 Å². The average molecular weight is 250 g/mol. The Morgan fingerprint density at radius 1 is 1.47 bits per heavy atom. The molecule has 1 atom stereocenters. The zero-order chi connectivity index (χ0) is 12.1. The average Bonchev–Trinajstić information content (AvgIpc) is 2.84. The minimum atomic E-state index is 0.266. The van der Waals surface area contributed by atoms with Crippen LogP contribution in [0, 0.1) is 0 Å². The standard InChI is InChI=1S/C14H22N2S/c1-2-12(15)10-11-6-5-9-16-14(11)17-13-7-3-4-8-13/h5-6,9,12-13H,2-4,7-8,10,15H2,1H3. The second-order valence-corrected chi connectivity index (χ2v) is 6.15. The number of pyridine rings is 1. The Morgan fingerprint density at radius 3 is 2.94 bits per heavy atom. The molecule has 94 valence electrons. The van der Waals surface area contributed by atoms with E-state index in [4.69, 9.17) is 5.73 Å². The number of thioether (sulfide) groups is 1. The molecule has 2 N–H and O–H groups in total. The van der Waals surface area contributed by atoms with Gasteiger partial charge in [-0.1, -0.05) is 25.8 Å². The van der Waals surface area contributed by atoms with Gasteiger partial charge >= 0.3 is 0 Å². The third-order valence-corrected chi connectivity index (χ3v) is 4.83. The summed E-state index contributed by atoms with van der Waals surface area (Å²) in [6.07, 6.45) is 9.35. The third kappa shape index (κ3) is 3.71. The van der Waals surface area contributed by atoms with Crippen molar-refractivity contribution in [2.45, 2.75) is 61.8 Å². The van der Waals surface area contributed by atoms with E-state index in [1.807, 2.05) is 24.0 Å². The molecule has 0 amide bonds. The normalized spacial score (nSPS) is 18.5. The molecule has 0 saturated heterocycles. The largest absolute Gasteiger partial charge is 0.327 e. The minimum Gasteiger partial charge on any atom is -0.327 e. The fourth-order valence-corrected chi connectivity index (χ4v) is 3.59. The lowest BCUT2D eigenvalue weighted by atomic mass is 10.1. The van der Waals surface area contributed by atoms with E-state index < -0.39 is 0 Å². The van der Waals surface area contributed by atoms with Crippen LogP contribution in [0.4, 0.5) is 0 Å². The van der Waals surface area contributed by atoms with Crippen LogP contribution in [0.25, 0.3) is 0 Å². The fraction of sp³-hybridized carbons (Fsp3) is 0.643. The maximum atomic E-state index is 6.04. The van der Waals surface area contributed by atoms with Crippen LogP contribution in [-0.2, 0) is 6.42 Å². The Balaban J connectivity index is 2.04. The molecule has 3 heteroatoms. The minimum absolute atomic E-state index is 0.266. The van der Waals surface area contributed by atoms with E-state index in [0.717, 1.165) is 18.1 Å². The fourth-order valence-electron chi connectivity index (χ4n) is 2.28. The number of hydrogen-bond donors (Lipinski definition) is 1. The van der Waals surface area contributed by atoms with Gasteiger partial charge in [-0.05, 0) is 37.3 Å². The molecule has 0 radical (unpaired) electrons. The number of rotatable bonds is 5. The quantitative estimate of drug-likeness (QED) is 0.870. The van der Waals surface area contributed by atoms with Crippen LogP contribution in [0.1, 0.15) is 44.6 Å². The molecule has 0 spiro atoms. The molecule has 1 fully saturated rings. The molecule has 1 aliphatic rings. The summed E-state index contributed by atoms with van der Waals surface area (Å²) in [6.45, 7) is 2.14. The van der Waals surface area contributed by atoms with Crippen molar-refractivity contribution in [2.75, 3.05) is 0 Å². The summed E-state index contributed by atoms with van der Waals surface area (Å²) >= 11 is 1.96. The van der Waals surface area contributed by atoms with E-state index in [2.05, 4.69) is 18.0 Å². The first-order valence-electron chi connectivity index (χ1n) is 6.65. The molecule has 1 aliphatic carbocycles. The van der Waals surface area contributed by atoms with Gasteiger partial charge in [-0.3, -0.25) is 0 Å². The number of hydrogen-bond acceptors (Lipinski definition) is 3. The van der Waals surface area contributed by atoms with Crippen molar-refractivity contribution in [3.63, 3.8) is 0 Å². The van der Waals surface area contributed by atoms with Crippen molar-refractivity contribution in [1.82, 2.24) is 4.98 Å². The summed E-state index contributed by atoms with van der Waals surface area (Å²) in [7, 11) is 0. The van der Waals surface area contributed by atoms with Crippen LogP contribution in [0.15, 0.2) is 23.4 Å². The molecule has 0 aromatic carbocycles. The molecule has 2 nitrogen and oxygen atoms in total. The second-order valence-electron chi connectivity index (χ2n) is 4.86. The first-order chi connectivity index (χ1) is 8.29. The van der Waals surface area contributed by atoms with Gasteiger partial charge in [0.1, 0.15) is 0 Å². The first-order valence-corrected chi connectivity index (χ1v) is 7.53. The van der Waals surface area contributed by atoms with Crippen molar-refractivity contribution >= 4 is 11.8 Å². The lowest BCUT2D eigenvalue weighted by molar-refractivity contribution is 0.637. The van der Waals surface area contributed by atoms with E-state index in [-0.39, 0.29) is 6.04 Å². The van der Waals surface area contributed by atoms with E-state index in [1.54, 1.807) is 0 Å². The Hall–Kier alpha value is -0.540. The Morgan fingerprint density at radius 2 is 2.24 bits per heavy atom. The molecule has 1 heterocycles. The van der Waals surface area contributed by atoms with Crippen molar-refractivity contribution in [3.05, 3.63) is 23.9 Å². The van der Waals surface area contributed by atoms with Crippen LogP contribution < -0.4 is 5.73 Å². The third-order valence-electron chi connectivity index (χ3n) is 3.44. The monoisotopic (exact) mass is 250 g/mol. The highest BCUT2D eigenvalue weighted by molar-refractivity contribution is 7.99. The lowest BCUT2D eigenvalue weighted by Crippen LogP contribution is -2.22. The van der Waals surface area contributed by atoms with Crippen LogP contribution in [-0.4, -0.2) is 16.3 Å². The summed E-state index contributed by atoms with van der Waals surface area (Å²) in [5, 5.41) is 1.99. The van der Waals surface area contributed by atoms with Crippen molar-refractivity contribution in [1.29, 1.82) is 0 Å². The number of nitrogens with two attached hydrogens (primary N) is 1. The van der Waals surface area contributed by atoms with Crippen LogP contribution >= 0.6 is 11.8 Å². The summed E-state index contributed by atoms with van der Waals surface area (Å²) in [5.41, 5.74) is 7.38. The Labute approximate surface area is 108 Å². The summed E-state index contributed by atoms with van der Waals surface area (Å²) in [4.78, 5) is 4.54. The van der Waals surface area contributed by atoms with Gasteiger partial charge in [-0.15, -0.1) is 11.8 Å². The van der Waals surface area contributed by atoms with Gasteiger partial charge in [-0.25, -0.2) is 4.98 Å². The smallest absolute Gasteiger partial charge is 0.0995 e. The zero-order valence-electron chi connectivity index (χ0n) is 10.6. The van der Waals surface area contributed by atoms with Gasteiger partial charge in [0.05, 0.1) is 5.03 Å². The Kier molecular flexibility index (Phi) is 4.86. The van der Waals surface area contributed by atoms with Crippen LogP contribution in [0.5, 0.6) is 0 Å². The highest BCUT2D eigenvalue weighted by Crippen LogP contribution is 2.35. The van der Waals surface area contributed by atoms with Gasteiger partial charge < -0.3 is 5.73 Å². The van der Waals surface area contributed by atoms with Gasteiger partial charge in [0, 0.05) is 17.5 Å². The zero-order valence-corrected chi connectivity index (χ0v) is 11.4. The maximum Gasteiger partial charge on any atom is 0.0995 e. The molecular weight excluding hydrogens is 228 g/mol. The highest BCUT2D eigenvalue weighted by atomic mass is 32.2. The molecule has 2 rings (SSSR count). The highest BCUT2D eigenvalue weighted by Gasteiger charge is 2.18. The second kappa shape index (κ2) is 6.41. The lowest BCUT2D eigenvalue weighted by Gasteiger charge is -2.14. The Bertz CT molecular complexity index is 348. The van der Waals surface area contributed by atoms with E-state index >= 15 is 0 Å². The molecular formula is C14H22N2S. The predicted molar refractivity (Wildman–Crippen MR) is 74.3 cm³/mol. The van der Waals surface area contributed by atoms with Gasteiger partial charge in [0.2, 0.25) is 0 Å². The van der Waals surface area contributed by atoms with Crippen LogP contribution in [0.2, 0.25) is 0 Å². The summed E-state index contributed by atoms with van der Waals surface area (Å²) in [5.74, 6) is 0. The summed E-state index contributed by atoms with van der Waals surface area (Å²) < 4.78 is 0. The number of aromatic nitrogens is 1. The molecule has 1 saturated carbocycles. The molecule has 1 aromatic heterocycles. The van der Waals surface area contributed by atoms with Gasteiger partial charge in [0.25, 0.3) is 0 Å². The molecule has 0 bridgehead atoms. The van der Waals surface area contributed by atoms with Gasteiger partial charge in [-0.2, -0.15) is 0 Å². The molecule has 17 heavy (non-hydrogen) atoms. The maximum absolute atomic E-state index is 6.04. The van der Waals surface area contributed by atoms with Gasteiger partial charge in [0.15, 0.2) is 0 Å². The van der Waals surface area contributed by atoms with Crippen molar-refractivity contribution < 1.29 is 0 Å². The van der Waals surface area contributed by atoms with E-state index in [0.29, 0.717) is 0 Å². The summed E-state index contributed by atoms with van der Waals surface area (Å²) in [6, 6.07) is 4.47. The molecule has 1 aromatic rings. The molecule has 0 aliphatic heterocycles. The van der Waals surface area contributed by atoms with Crippen molar-refractivity contribution in [3.8, 4) is 0 Å². The predicted octanol–water partition coefficient (Wildman–Crippen LogP) is 3.40.